The van der Waals surface area contributed by atoms with Crippen molar-refractivity contribution in [2.75, 3.05) is 5.32 Å². The van der Waals surface area contributed by atoms with Crippen molar-refractivity contribution in [3.8, 4) is 0 Å². The van der Waals surface area contributed by atoms with E-state index in [1.807, 2.05) is 31.3 Å². The summed E-state index contributed by atoms with van der Waals surface area (Å²) in [7, 11) is 0. The minimum Gasteiger partial charge on any atom is -0.346 e. The molecule has 4 rings (SSSR count). The molecule has 1 amide bonds. The molecule has 1 aromatic carbocycles. The fourth-order valence-corrected chi connectivity index (χ4v) is 3.51. The van der Waals surface area contributed by atoms with E-state index in [9.17, 15) is 4.79 Å². The SMILES string of the molecule is Cc1cc2c(cc1C(=O)Nc1ccnc3[nH]ccc13)CCC[C@@H]2N. The van der Waals surface area contributed by atoms with Gasteiger partial charge in [0.25, 0.3) is 5.91 Å². The predicted molar refractivity (Wildman–Crippen MR) is 95.1 cm³/mol. The van der Waals surface area contributed by atoms with Crippen molar-refractivity contribution in [2.24, 2.45) is 5.73 Å². The number of amides is 1. The van der Waals surface area contributed by atoms with Crippen molar-refractivity contribution >= 4 is 22.6 Å². The average Bonchev–Trinajstić information content (AvgIpc) is 3.05. The molecule has 0 spiro atoms. The maximum atomic E-state index is 12.8. The van der Waals surface area contributed by atoms with Gasteiger partial charge in [-0.05, 0) is 61.1 Å². The highest BCUT2D eigenvalue weighted by Gasteiger charge is 2.20. The van der Waals surface area contributed by atoms with Gasteiger partial charge in [-0.2, -0.15) is 0 Å². The number of rotatable bonds is 2. The average molecular weight is 320 g/mol. The summed E-state index contributed by atoms with van der Waals surface area (Å²) in [6.45, 7) is 1.97. The highest BCUT2D eigenvalue weighted by atomic mass is 16.1. The molecular formula is C19H20N4O. The summed E-state index contributed by atoms with van der Waals surface area (Å²) >= 11 is 0. The highest BCUT2D eigenvalue weighted by molar-refractivity contribution is 6.09. The molecule has 0 unspecified atom stereocenters. The van der Waals surface area contributed by atoms with Crippen molar-refractivity contribution in [1.82, 2.24) is 9.97 Å². The highest BCUT2D eigenvalue weighted by Crippen LogP contribution is 2.31. The van der Waals surface area contributed by atoms with Gasteiger partial charge in [-0.1, -0.05) is 6.07 Å². The van der Waals surface area contributed by atoms with Crippen LogP contribution in [-0.4, -0.2) is 15.9 Å². The van der Waals surface area contributed by atoms with Gasteiger partial charge < -0.3 is 16.0 Å². The number of pyridine rings is 1. The number of nitrogens with two attached hydrogens (primary N) is 1. The molecule has 1 aliphatic rings. The van der Waals surface area contributed by atoms with Crippen LogP contribution in [0.3, 0.4) is 0 Å². The second-order valence-electron chi connectivity index (χ2n) is 6.42. The fraction of sp³-hybridized carbons (Fsp3) is 0.263. The van der Waals surface area contributed by atoms with Gasteiger partial charge in [0, 0.05) is 29.4 Å². The quantitative estimate of drug-likeness (QED) is 0.676. The molecule has 0 saturated heterocycles. The second-order valence-corrected chi connectivity index (χ2v) is 6.42. The number of hydrogen-bond donors (Lipinski definition) is 3. The zero-order chi connectivity index (χ0) is 16.7. The van der Waals surface area contributed by atoms with Crippen LogP contribution in [0.15, 0.2) is 36.7 Å². The number of carbonyl (C=O) groups excluding carboxylic acids is 1. The molecular weight excluding hydrogens is 300 g/mol. The molecule has 122 valence electrons. The van der Waals surface area contributed by atoms with E-state index < -0.39 is 0 Å². The molecule has 0 saturated carbocycles. The number of fused-ring (bicyclic) bond motifs is 2. The van der Waals surface area contributed by atoms with Gasteiger partial charge in [0.2, 0.25) is 0 Å². The van der Waals surface area contributed by atoms with Crippen molar-refractivity contribution in [1.29, 1.82) is 0 Å². The molecule has 0 radical (unpaired) electrons. The van der Waals surface area contributed by atoms with Crippen LogP contribution in [0.4, 0.5) is 5.69 Å². The zero-order valence-electron chi connectivity index (χ0n) is 13.6. The summed E-state index contributed by atoms with van der Waals surface area (Å²) in [4.78, 5) is 20.1. The molecule has 4 N–H and O–H groups in total. The number of nitrogens with one attached hydrogen (secondary N) is 2. The Labute approximate surface area is 140 Å². The third kappa shape index (κ3) is 2.47. The van der Waals surface area contributed by atoms with Gasteiger partial charge in [-0.15, -0.1) is 0 Å². The Kier molecular flexibility index (Phi) is 3.58. The van der Waals surface area contributed by atoms with Crippen molar-refractivity contribution in [3.63, 3.8) is 0 Å². The van der Waals surface area contributed by atoms with Gasteiger partial charge in [0.05, 0.1) is 5.69 Å². The molecule has 1 atom stereocenters. The summed E-state index contributed by atoms with van der Waals surface area (Å²) in [5.41, 5.74) is 11.8. The predicted octanol–water partition coefficient (Wildman–Crippen LogP) is 3.46. The third-order valence-corrected chi connectivity index (χ3v) is 4.80. The van der Waals surface area contributed by atoms with Gasteiger partial charge in [-0.3, -0.25) is 4.79 Å². The number of aromatic amines is 1. The summed E-state index contributed by atoms with van der Waals surface area (Å²) in [6.07, 6.45) is 6.58. The Balaban J connectivity index is 1.69. The molecule has 0 fully saturated rings. The third-order valence-electron chi connectivity index (χ3n) is 4.80. The normalized spacial score (nSPS) is 16.8. The summed E-state index contributed by atoms with van der Waals surface area (Å²) in [5.74, 6) is -0.0943. The molecule has 0 bridgehead atoms. The topological polar surface area (TPSA) is 83.8 Å². The monoisotopic (exact) mass is 320 g/mol. The van der Waals surface area contributed by atoms with E-state index in [0.717, 1.165) is 41.5 Å². The summed E-state index contributed by atoms with van der Waals surface area (Å²) in [6, 6.07) is 7.90. The maximum absolute atomic E-state index is 12.8. The Hall–Kier alpha value is -2.66. The molecule has 2 heterocycles. The number of H-pyrrole nitrogens is 1. The largest absolute Gasteiger partial charge is 0.346 e. The first-order chi connectivity index (χ1) is 11.6. The number of aryl methyl sites for hydroxylation is 2. The minimum absolute atomic E-state index is 0.0873. The van der Waals surface area contributed by atoms with E-state index in [0.29, 0.717) is 5.56 Å². The van der Waals surface area contributed by atoms with Gasteiger partial charge in [0.1, 0.15) is 5.65 Å². The maximum Gasteiger partial charge on any atom is 0.255 e. The Morgan fingerprint density at radius 2 is 2.25 bits per heavy atom. The number of benzene rings is 1. The van der Waals surface area contributed by atoms with Crippen molar-refractivity contribution in [3.05, 3.63) is 58.9 Å². The van der Waals surface area contributed by atoms with Crippen LogP contribution in [0.2, 0.25) is 0 Å². The van der Waals surface area contributed by atoms with Crippen LogP contribution in [0.5, 0.6) is 0 Å². The first-order valence-corrected chi connectivity index (χ1v) is 8.26. The number of aromatic nitrogens is 2. The van der Waals surface area contributed by atoms with E-state index in [1.54, 1.807) is 6.20 Å². The lowest BCUT2D eigenvalue weighted by Gasteiger charge is -2.24. The Morgan fingerprint density at radius 3 is 3.12 bits per heavy atom. The van der Waals surface area contributed by atoms with Crippen molar-refractivity contribution in [2.45, 2.75) is 32.2 Å². The molecule has 3 aromatic rings. The lowest BCUT2D eigenvalue weighted by Crippen LogP contribution is -2.20. The van der Waals surface area contributed by atoms with Crippen LogP contribution in [0.25, 0.3) is 11.0 Å². The molecule has 5 nitrogen and oxygen atoms in total. The van der Waals surface area contributed by atoms with Crippen LogP contribution in [0.1, 0.15) is 45.9 Å². The number of carbonyl (C=O) groups is 1. The zero-order valence-corrected chi connectivity index (χ0v) is 13.6. The van der Waals surface area contributed by atoms with E-state index >= 15 is 0 Å². The molecule has 0 aliphatic heterocycles. The smallest absolute Gasteiger partial charge is 0.255 e. The van der Waals surface area contributed by atoms with E-state index in [4.69, 9.17) is 5.73 Å². The first-order valence-electron chi connectivity index (χ1n) is 8.26. The molecule has 5 heteroatoms. The minimum atomic E-state index is -0.0943. The Bertz CT molecular complexity index is 928. The molecule has 2 aromatic heterocycles. The van der Waals surface area contributed by atoms with E-state index in [1.165, 1.54) is 11.1 Å². The van der Waals surface area contributed by atoms with Crippen LogP contribution < -0.4 is 11.1 Å². The van der Waals surface area contributed by atoms with Crippen LogP contribution in [0, 0.1) is 6.92 Å². The van der Waals surface area contributed by atoms with Gasteiger partial charge >= 0.3 is 0 Å². The number of hydrogen-bond acceptors (Lipinski definition) is 3. The number of anilines is 1. The lowest BCUT2D eigenvalue weighted by atomic mass is 9.85. The molecule has 1 aliphatic carbocycles. The molecule has 24 heavy (non-hydrogen) atoms. The summed E-state index contributed by atoms with van der Waals surface area (Å²) in [5, 5.41) is 3.92. The van der Waals surface area contributed by atoms with E-state index in [2.05, 4.69) is 21.4 Å². The summed E-state index contributed by atoms with van der Waals surface area (Å²) < 4.78 is 0. The lowest BCUT2D eigenvalue weighted by molar-refractivity contribution is 0.102. The fourth-order valence-electron chi connectivity index (χ4n) is 3.51. The Morgan fingerprint density at radius 1 is 1.38 bits per heavy atom. The van der Waals surface area contributed by atoms with Gasteiger partial charge in [0.15, 0.2) is 0 Å². The van der Waals surface area contributed by atoms with Crippen molar-refractivity contribution < 1.29 is 4.79 Å². The standard InChI is InChI=1S/C19H20N4O/c1-11-9-15-12(3-2-4-16(15)20)10-14(11)19(24)23-17-6-8-22-18-13(17)5-7-21-18/h5-10,16H,2-4,20H2,1H3,(H2,21,22,23,24)/t16-/m0/s1. The first kappa shape index (κ1) is 14.9. The second kappa shape index (κ2) is 5.76. The van der Waals surface area contributed by atoms with E-state index in [-0.39, 0.29) is 11.9 Å². The number of nitrogens with zero attached hydrogens (tertiary/aromatic N) is 1. The van der Waals surface area contributed by atoms with Gasteiger partial charge in [-0.25, -0.2) is 4.98 Å². The van der Waals surface area contributed by atoms with Crippen LogP contribution >= 0.6 is 0 Å². The van der Waals surface area contributed by atoms with Crippen LogP contribution in [-0.2, 0) is 6.42 Å².